The highest BCUT2D eigenvalue weighted by Gasteiger charge is 2.39. The number of anilines is 1. The maximum atomic E-state index is 12.3. The monoisotopic (exact) mass is 349 g/mol. The maximum Gasteiger partial charge on any atom is 0.262 e. The number of carbonyl (C=O) groups excluding carboxylic acids is 1. The van der Waals surface area contributed by atoms with E-state index >= 15 is 0 Å². The Hall–Kier alpha value is -0.780. The Morgan fingerprint density at radius 1 is 1.38 bits per heavy atom. The second-order valence-electron chi connectivity index (χ2n) is 6.01. The fourth-order valence-corrected chi connectivity index (χ4v) is 4.35. The molecule has 1 saturated carbocycles. The van der Waals surface area contributed by atoms with Gasteiger partial charge in [0.05, 0.1) is 5.02 Å². The lowest BCUT2D eigenvalue weighted by atomic mass is 9.81. The van der Waals surface area contributed by atoms with Crippen molar-refractivity contribution in [3.63, 3.8) is 0 Å². The molecule has 1 amide bonds. The molecular weight excluding hydrogens is 333 g/mol. The zero-order valence-corrected chi connectivity index (χ0v) is 14.1. The van der Waals surface area contributed by atoms with Crippen molar-refractivity contribution in [3.05, 3.63) is 23.2 Å². The van der Waals surface area contributed by atoms with Crippen molar-refractivity contribution in [1.29, 1.82) is 0 Å². The van der Waals surface area contributed by atoms with E-state index in [1.807, 2.05) is 0 Å². The van der Waals surface area contributed by atoms with Crippen molar-refractivity contribution in [2.24, 2.45) is 11.3 Å². The molecule has 0 radical (unpaired) electrons. The van der Waals surface area contributed by atoms with Gasteiger partial charge in [0, 0.05) is 22.3 Å². The molecule has 0 aromatic heterocycles. The van der Waals surface area contributed by atoms with E-state index in [9.17, 15) is 13.2 Å². The van der Waals surface area contributed by atoms with Crippen LogP contribution in [0.1, 0.15) is 33.1 Å². The second kappa shape index (κ2) is 5.78. The van der Waals surface area contributed by atoms with Crippen LogP contribution in [0, 0.1) is 11.3 Å². The summed E-state index contributed by atoms with van der Waals surface area (Å²) in [6, 6.07) is 4.18. The lowest BCUT2D eigenvalue weighted by Crippen LogP contribution is -2.30. The van der Waals surface area contributed by atoms with Gasteiger partial charge in [0.15, 0.2) is 0 Å². The molecule has 4 nitrogen and oxygen atoms in total. The Morgan fingerprint density at radius 2 is 2.05 bits per heavy atom. The van der Waals surface area contributed by atoms with Crippen LogP contribution in [0.25, 0.3) is 0 Å². The summed E-state index contributed by atoms with van der Waals surface area (Å²) in [5.41, 5.74) is 0.449. The number of benzene rings is 1. The third kappa shape index (κ3) is 3.71. The highest BCUT2D eigenvalue weighted by Crippen LogP contribution is 2.43. The SMILES string of the molecule is CC1(C)CCCC1C(=O)Nc1ccc(S(=O)(=O)Cl)c(Cl)c1. The third-order valence-corrected chi connectivity index (χ3v) is 5.84. The summed E-state index contributed by atoms with van der Waals surface area (Å²) in [6.07, 6.45) is 2.92. The fourth-order valence-electron chi connectivity index (χ4n) is 2.82. The summed E-state index contributed by atoms with van der Waals surface area (Å²) >= 11 is 5.90. The minimum atomic E-state index is -3.89. The number of rotatable bonds is 3. The Morgan fingerprint density at radius 3 is 2.52 bits per heavy atom. The Labute approximate surface area is 134 Å². The first-order chi connectivity index (χ1) is 9.61. The lowest BCUT2D eigenvalue weighted by molar-refractivity contribution is -0.122. The van der Waals surface area contributed by atoms with Crippen LogP contribution in [0.4, 0.5) is 5.69 Å². The molecule has 2 rings (SSSR count). The Kier molecular flexibility index (Phi) is 4.57. The van der Waals surface area contributed by atoms with E-state index in [4.69, 9.17) is 22.3 Å². The van der Waals surface area contributed by atoms with Crippen LogP contribution in [-0.4, -0.2) is 14.3 Å². The van der Waals surface area contributed by atoms with Crippen LogP contribution < -0.4 is 5.32 Å². The van der Waals surface area contributed by atoms with Crippen LogP contribution in [0.3, 0.4) is 0 Å². The minimum absolute atomic E-state index is 0.00604. The van der Waals surface area contributed by atoms with Gasteiger partial charge in [-0.3, -0.25) is 4.79 Å². The predicted molar refractivity (Wildman–Crippen MR) is 84.2 cm³/mol. The van der Waals surface area contributed by atoms with Crippen molar-refractivity contribution in [1.82, 2.24) is 0 Å². The lowest BCUT2D eigenvalue weighted by Gasteiger charge is -2.25. The Balaban J connectivity index is 2.18. The maximum absolute atomic E-state index is 12.3. The van der Waals surface area contributed by atoms with Gasteiger partial charge in [0.25, 0.3) is 9.05 Å². The summed E-state index contributed by atoms with van der Waals surface area (Å²) in [5.74, 6) is -0.109. The first kappa shape index (κ1) is 16.6. The largest absolute Gasteiger partial charge is 0.326 e. The van der Waals surface area contributed by atoms with E-state index in [0.29, 0.717) is 5.69 Å². The standard InChI is InChI=1S/C14H17Cl2NO3S/c1-14(2)7-3-4-10(14)13(18)17-9-5-6-12(11(15)8-9)21(16,19)20/h5-6,8,10H,3-4,7H2,1-2H3,(H,17,18). The number of hydrogen-bond acceptors (Lipinski definition) is 3. The normalized spacial score (nSPS) is 21.2. The van der Waals surface area contributed by atoms with Gasteiger partial charge >= 0.3 is 0 Å². The number of hydrogen-bond donors (Lipinski definition) is 1. The molecular formula is C14H17Cl2NO3S. The molecule has 0 heterocycles. The van der Waals surface area contributed by atoms with E-state index in [-0.39, 0.29) is 27.2 Å². The van der Waals surface area contributed by atoms with Gasteiger partial charge in [0.2, 0.25) is 5.91 Å². The molecule has 1 fully saturated rings. The molecule has 1 aliphatic carbocycles. The van der Waals surface area contributed by atoms with Crippen LogP contribution in [-0.2, 0) is 13.8 Å². The average Bonchev–Trinajstić information content (AvgIpc) is 2.67. The van der Waals surface area contributed by atoms with Crippen LogP contribution in [0.5, 0.6) is 0 Å². The van der Waals surface area contributed by atoms with Gasteiger partial charge in [-0.05, 0) is 36.5 Å². The molecule has 0 spiro atoms. The molecule has 7 heteroatoms. The molecule has 1 aliphatic rings. The highest BCUT2D eigenvalue weighted by molar-refractivity contribution is 8.13. The van der Waals surface area contributed by atoms with Crippen molar-refractivity contribution < 1.29 is 13.2 Å². The fraction of sp³-hybridized carbons (Fsp3) is 0.500. The molecule has 1 N–H and O–H groups in total. The molecule has 0 saturated heterocycles. The summed E-state index contributed by atoms with van der Waals surface area (Å²) in [6.45, 7) is 4.17. The van der Waals surface area contributed by atoms with Crippen LogP contribution >= 0.6 is 22.3 Å². The number of nitrogens with one attached hydrogen (secondary N) is 1. The molecule has 1 aromatic carbocycles. The first-order valence-electron chi connectivity index (χ1n) is 6.66. The summed E-state index contributed by atoms with van der Waals surface area (Å²) < 4.78 is 22.6. The molecule has 0 bridgehead atoms. The van der Waals surface area contributed by atoms with Gasteiger partial charge in [-0.2, -0.15) is 0 Å². The Bertz CT molecular complexity index is 671. The third-order valence-electron chi connectivity index (χ3n) is 4.04. The van der Waals surface area contributed by atoms with Crippen LogP contribution in [0.15, 0.2) is 23.1 Å². The van der Waals surface area contributed by atoms with Gasteiger partial charge in [0.1, 0.15) is 4.90 Å². The quantitative estimate of drug-likeness (QED) is 0.837. The molecule has 116 valence electrons. The van der Waals surface area contributed by atoms with Gasteiger partial charge in [-0.15, -0.1) is 0 Å². The second-order valence-corrected chi connectivity index (χ2v) is 8.95. The predicted octanol–water partition coefficient (Wildman–Crippen LogP) is 4.03. The average molecular weight is 350 g/mol. The van der Waals surface area contributed by atoms with E-state index in [1.165, 1.54) is 18.2 Å². The van der Waals surface area contributed by atoms with E-state index in [2.05, 4.69) is 19.2 Å². The zero-order chi connectivity index (χ0) is 15.8. The molecule has 0 aliphatic heterocycles. The van der Waals surface area contributed by atoms with Gasteiger partial charge in [-0.1, -0.05) is 31.9 Å². The smallest absolute Gasteiger partial charge is 0.262 e. The molecule has 21 heavy (non-hydrogen) atoms. The van der Waals surface area contributed by atoms with Crippen molar-refractivity contribution in [2.45, 2.75) is 38.0 Å². The number of amides is 1. The van der Waals surface area contributed by atoms with E-state index in [1.54, 1.807) is 0 Å². The van der Waals surface area contributed by atoms with Gasteiger partial charge < -0.3 is 5.32 Å². The zero-order valence-electron chi connectivity index (χ0n) is 11.8. The van der Waals surface area contributed by atoms with E-state index in [0.717, 1.165) is 19.3 Å². The number of halogens is 2. The first-order valence-corrected chi connectivity index (χ1v) is 9.35. The van der Waals surface area contributed by atoms with E-state index < -0.39 is 9.05 Å². The molecule has 1 atom stereocenters. The number of carbonyl (C=O) groups is 1. The summed E-state index contributed by atoms with van der Waals surface area (Å²) in [4.78, 5) is 12.2. The van der Waals surface area contributed by atoms with Gasteiger partial charge in [-0.25, -0.2) is 8.42 Å². The van der Waals surface area contributed by atoms with Crippen molar-refractivity contribution >= 4 is 42.9 Å². The highest BCUT2D eigenvalue weighted by atomic mass is 35.7. The van der Waals surface area contributed by atoms with Crippen LogP contribution in [0.2, 0.25) is 5.02 Å². The molecule has 1 aromatic rings. The van der Waals surface area contributed by atoms with Crippen molar-refractivity contribution in [2.75, 3.05) is 5.32 Å². The van der Waals surface area contributed by atoms with Crippen molar-refractivity contribution in [3.8, 4) is 0 Å². The topological polar surface area (TPSA) is 63.2 Å². The summed E-state index contributed by atoms with van der Waals surface area (Å²) in [5, 5.41) is 2.79. The molecule has 1 unspecified atom stereocenters. The summed E-state index contributed by atoms with van der Waals surface area (Å²) in [7, 11) is 1.38. The minimum Gasteiger partial charge on any atom is -0.326 e.